The molecule has 0 heterocycles. The van der Waals surface area contributed by atoms with Crippen molar-refractivity contribution >= 4 is 11.8 Å². The molecule has 0 fully saturated rings. The normalized spacial score (nSPS) is 11.3. The Bertz CT molecular complexity index is 1340. The maximum absolute atomic E-state index is 14.0. The van der Waals surface area contributed by atoms with Crippen molar-refractivity contribution < 1.29 is 19.1 Å². The molecule has 0 spiro atoms. The summed E-state index contributed by atoms with van der Waals surface area (Å²) in [4.78, 5) is 29.4. The standard InChI is InChI=1S/C33H34N2O4/c1-38-29-19-18-27(22-30(29)39-2)23-31(36)35(24-26-14-8-4-9-15-26)32(28-16-10-5-11-17-28)33(37)34-21-20-25-12-6-3-7-13-25/h3-19,22,32H,20-21,23-24H2,1-2H3,(H,34,37)/t32-/m1/s1. The summed E-state index contributed by atoms with van der Waals surface area (Å²) in [5.74, 6) is 0.761. The molecule has 0 saturated heterocycles. The molecule has 1 N–H and O–H groups in total. The largest absolute Gasteiger partial charge is 0.493 e. The lowest BCUT2D eigenvalue weighted by molar-refractivity contribution is -0.141. The number of nitrogens with one attached hydrogen (secondary N) is 1. The number of hydrogen-bond donors (Lipinski definition) is 1. The number of hydrogen-bond acceptors (Lipinski definition) is 4. The molecule has 0 bridgehead atoms. The van der Waals surface area contributed by atoms with Crippen LogP contribution in [-0.2, 0) is 29.0 Å². The first-order chi connectivity index (χ1) is 19.1. The van der Waals surface area contributed by atoms with Crippen molar-refractivity contribution in [2.75, 3.05) is 20.8 Å². The van der Waals surface area contributed by atoms with Crippen LogP contribution in [0.5, 0.6) is 11.5 Å². The van der Waals surface area contributed by atoms with Crippen molar-refractivity contribution in [3.63, 3.8) is 0 Å². The van der Waals surface area contributed by atoms with Gasteiger partial charge in [-0.05, 0) is 40.8 Å². The summed E-state index contributed by atoms with van der Waals surface area (Å²) < 4.78 is 10.8. The van der Waals surface area contributed by atoms with Gasteiger partial charge in [0.1, 0.15) is 6.04 Å². The molecular formula is C33H34N2O4. The van der Waals surface area contributed by atoms with E-state index < -0.39 is 6.04 Å². The second-order valence-electron chi connectivity index (χ2n) is 9.21. The van der Waals surface area contributed by atoms with E-state index in [0.717, 1.165) is 22.3 Å². The van der Waals surface area contributed by atoms with Crippen LogP contribution in [0.4, 0.5) is 0 Å². The predicted octanol–water partition coefficient (Wildman–Crippen LogP) is 5.38. The van der Waals surface area contributed by atoms with E-state index in [-0.39, 0.29) is 18.2 Å². The van der Waals surface area contributed by atoms with Crippen LogP contribution in [0.15, 0.2) is 109 Å². The highest BCUT2D eigenvalue weighted by Crippen LogP contribution is 2.29. The Morgan fingerprint density at radius 2 is 1.31 bits per heavy atom. The Labute approximate surface area is 230 Å². The third-order valence-electron chi connectivity index (χ3n) is 6.55. The highest BCUT2D eigenvalue weighted by Gasteiger charge is 2.31. The number of ether oxygens (including phenoxy) is 2. The van der Waals surface area contributed by atoms with Gasteiger partial charge in [-0.2, -0.15) is 0 Å². The Morgan fingerprint density at radius 3 is 1.92 bits per heavy atom. The third kappa shape index (κ3) is 7.48. The quantitative estimate of drug-likeness (QED) is 0.271. The van der Waals surface area contributed by atoms with Gasteiger partial charge in [0.2, 0.25) is 11.8 Å². The maximum Gasteiger partial charge on any atom is 0.247 e. The first-order valence-electron chi connectivity index (χ1n) is 13.0. The average Bonchev–Trinajstić information content (AvgIpc) is 2.98. The number of carbonyl (C=O) groups excluding carboxylic acids is 2. The first kappa shape index (κ1) is 27.5. The topological polar surface area (TPSA) is 67.9 Å². The molecule has 200 valence electrons. The zero-order valence-electron chi connectivity index (χ0n) is 22.4. The van der Waals surface area contributed by atoms with E-state index >= 15 is 0 Å². The van der Waals surface area contributed by atoms with Crippen LogP contribution in [0.1, 0.15) is 28.3 Å². The summed E-state index contributed by atoms with van der Waals surface area (Å²) >= 11 is 0. The number of amides is 2. The van der Waals surface area contributed by atoms with E-state index in [1.54, 1.807) is 31.3 Å². The van der Waals surface area contributed by atoms with E-state index in [1.807, 2.05) is 97.1 Å². The van der Waals surface area contributed by atoms with Crippen molar-refractivity contribution in [2.45, 2.75) is 25.4 Å². The lowest BCUT2D eigenvalue weighted by atomic mass is 10.0. The molecule has 0 saturated carbocycles. The fraction of sp³-hybridized carbons (Fsp3) is 0.212. The molecule has 0 aromatic heterocycles. The van der Waals surface area contributed by atoms with Crippen LogP contribution in [0.2, 0.25) is 0 Å². The van der Waals surface area contributed by atoms with E-state index in [2.05, 4.69) is 5.32 Å². The van der Waals surface area contributed by atoms with Gasteiger partial charge in [0.25, 0.3) is 0 Å². The van der Waals surface area contributed by atoms with Gasteiger partial charge in [0.15, 0.2) is 11.5 Å². The van der Waals surface area contributed by atoms with Crippen LogP contribution in [-0.4, -0.2) is 37.5 Å². The number of benzene rings is 4. The second kappa shape index (κ2) is 13.8. The Kier molecular flexibility index (Phi) is 9.73. The number of nitrogens with zero attached hydrogens (tertiary/aromatic N) is 1. The van der Waals surface area contributed by atoms with Crippen LogP contribution in [0, 0.1) is 0 Å². The highest BCUT2D eigenvalue weighted by molar-refractivity contribution is 5.89. The van der Waals surface area contributed by atoms with Crippen molar-refractivity contribution in [2.24, 2.45) is 0 Å². The van der Waals surface area contributed by atoms with Gasteiger partial charge in [-0.15, -0.1) is 0 Å². The molecular weight excluding hydrogens is 488 g/mol. The van der Waals surface area contributed by atoms with E-state index in [9.17, 15) is 9.59 Å². The Balaban J connectivity index is 1.63. The fourth-order valence-corrected chi connectivity index (χ4v) is 4.55. The number of rotatable bonds is 12. The second-order valence-corrected chi connectivity index (χ2v) is 9.21. The van der Waals surface area contributed by atoms with Gasteiger partial charge in [-0.3, -0.25) is 9.59 Å². The van der Waals surface area contributed by atoms with E-state index in [4.69, 9.17) is 9.47 Å². The van der Waals surface area contributed by atoms with Gasteiger partial charge in [-0.1, -0.05) is 97.1 Å². The van der Waals surface area contributed by atoms with Crippen LogP contribution in [0.3, 0.4) is 0 Å². The van der Waals surface area contributed by atoms with E-state index in [1.165, 1.54) is 0 Å². The molecule has 4 rings (SSSR count). The maximum atomic E-state index is 14.0. The highest BCUT2D eigenvalue weighted by atomic mass is 16.5. The lowest BCUT2D eigenvalue weighted by Gasteiger charge is -2.32. The molecule has 2 amide bonds. The van der Waals surface area contributed by atoms with Crippen LogP contribution < -0.4 is 14.8 Å². The predicted molar refractivity (Wildman–Crippen MR) is 153 cm³/mol. The summed E-state index contributed by atoms with van der Waals surface area (Å²) in [5.41, 5.74) is 3.61. The van der Waals surface area contributed by atoms with Crippen molar-refractivity contribution in [3.8, 4) is 11.5 Å². The Morgan fingerprint density at radius 1 is 0.718 bits per heavy atom. The summed E-state index contributed by atoms with van der Waals surface area (Å²) in [5, 5.41) is 3.08. The zero-order chi connectivity index (χ0) is 27.5. The minimum Gasteiger partial charge on any atom is -0.493 e. The molecule has 0 aliphatic rings. The van der Waals surface area contributed by atoms with Gasteiger partial charge >= 0.3 is 0 Å². The molecule has 0 radical (unpaired) electrons. The summed E-state index contributed by atoms with van der Waals surface area (Å²) in [7, 11) is 3.14. The first-order valence-corrected chi connectivity index (χ1v) is 13.0. The summed E-state index contributed by atoms with van der Waals surface area (Å²) in [6, 6.07) is 33.8. The van der Waals surface area contributed by atoms with Gasteiger partial charge in [-0.25, -0.2) is 0 Å². The van der Waals surface area contributed by atoms with Crippen molar-refractivity contribution in [3.05, 3.63) is 131 Å². The molecule has 0 unspecified atom stereocenters. The monoisotopic (exact) mass is 522 g/mol. The molecule has 6 nitrogen and oxygen atoms in total. The zero-order valence-corrected chi connectivity index (χ0v) is 22.4. The average molecular weight is 523 g/mol. The van der Waals surface area contributed by atoms with Gasteiger partial charge in [0.05, 0.1) is 20.6 Å². The third-order valence-corrected chi connectivity index (χ3v) is 6.55. The summed E-state index contributed by atoms with van der Waals surface area (Å²) in [6.45, 7) is 0.758. The molecule has 1 atom stereocenters. The SMILES string of the molecule is COc1ccc(CC(=O)N(Cc2ccccc2)[C@@H](C(=O)NCCc2ccccc2)c2ccccc2)cc1OC. The van der Waals surface area contributed by atoms with Crippen LogP contribution in [0.25, 0.3) is 0 Å². The van der Waals surface area contributed by atoms with Crippen LogP contribution >= 0.6 is 0 Å². The number of methoxy groups -OCH3 is 2. The van der Waals surface area contributed by atoms with Crippen molar-refractivity contribution in [1.29, 1.82) is 0 Å². The van der Waals surface area contributed by atoms with E-state index in [0.29, 0.717) is 31.0 Å². The van der Waals surface area contributed by atoms with Crippen molar-refractivity contribution in [1.82, 2.24) is 10.2 Å². The minimum atomic E-state index is -0.796. The number of carbonyl (C=O) groups is 2. The Hall–Kier alpha value is -4.58. The molecule has 4 aromatic rings. The summed E-state index contributed by atoms with van der Waals surface area (Å²) in [6.07, 6.45) is 0.806. The molecule has 6 heteroatoms. The fourth-order valence-electron chi connectivity index (χ4n) is 4.55. The molecule has 0 aliphatic heterocycles. The minimum absolute atomic E-state index is 0.105. The smallest absolute Gasteiger partial charge is 0.247 e. The molecule has 4 aromatic carbocycles. The molecule has 39 heavy (non-hydrogen) atoms. The lowest BCUT2D eigenvalue weighted by Crippen LogP contribution is -2.44. The molecule has 0 aliphatic carbocycles. The van der Waals surface area contributed by atoms with Gasteiger partial charge < -0.3 is 19.7 Å². The van der Waals surface area contributed by atoms with Gasteiger partial charge in [0, 0.05) is 13.1 Å².